The number of aliphatic carboxylic acids is 1. The quantitative estimate of drug-likeness (QED) is 0.404. The van der Waals surface area contributed by atoms with Gasteiger partial charge in [0, 0.05) is 30.9 Å². The molecule has 1 aromatic rings. The molecule has 0 bridgehead atoms. The highest BCUT2D eigenvalue weighted by molar-refractivity contribution is 5.68. The molecule has 0 fully saturated rings. The Kier molecular flexibility index (Phi) is 7.36. The highest BCUT2D eigenvalue weighted by Crippen LogP contribution is 2.26. The number of unbranched alkanes of at least 4 members (excludes halogenated alkanes) is 3. The lowest BCUT2D eigenvalue weighted by Crippen LogP contribution is -2.28. The van der Waals surface area contributed by atoms with Crippen molar-refractivity contribution in [3.8, 4) is 0 Å². The van der Waals surface area contributed by atoms with Gasteiger partial charge in [-0.3, -0.25) is 14.9 Å². The first-order valence-electron chi connectivity index (χ1n) is 7.67. The molecule has 0 radical (unpaired) electrons. The second-order valence-electron chi connectivity index (χ2n) is 5.42. The van der Waals surface area contributed by atoms with E-state index < -0.39 is 10.9 Å². The normalized spacial score (nSPS) is 10.5. The van der Waals surface area contributed by atoms with Gasteiger partial charge in [-0.2, -0.15) is 0 Å². The molecule has 0 unspecified atom stereocenters. The van der Waals surface area contributed by atoms with E-state index in [1.807, 2.05) is 11.8 Å². The smallest absolute Gasteiger partial charge is 0.305 e. The summed E-state index contributed by atoms with van der Waals surface area (Å²) in [5, 5.41) is 19.8. The minimum absolute atomic E-state index is 0.0237. The maximum atomic E-state index is 10.9. The van der Waals surface area contributed by atoms with Crippen LogP contribution in [0.2, 0.25) is 0 Å². The van der Waals surface area contributed by atoms with Gasteiger partial charge < -0.3 is 10.0 Å². The van der Waals surface area contributed by atoms with Crippen LogP contribution in [0.1, 0.15) is 44.6 Å². The standard InChI is InChI=1S/C16H24N2O4/c1-3-4-5-6-10-17(11-9-16(19)20)15-12-14(18(21)22)8-7-13(15)2/h7-8,12H,3-6,9-11H2,1-2H3,(H,19,20). The SMILES string of the molecule is CCCCCCN(CCC(=O)O)c1cc([N+](=O)[O-])ccc1C. The predicted molar refractivity (Wildman–Crippen MR) is 86.4 cm³/mol. The highest BCUT2D eigenvalue weighted by atomic mass is 16.6. The number of hydrogen-bond donors (Lipinski definition) is 1. The first-order valence-corrected chi connectivity index (χ1v) is 7.67. The van der Waals surface area contributed by atoms with Gasteiger partial charge in [-0.15, -0.1) is 0 Å². The fraction of sp³-hybridized carbons (Fsp3) is 0.562. The number of nitro benzene ring substituents is 1. The van der Waals surface area contributed by atoms with E-state index in [1.54, 1.807) is 6.07 Å². The summed E-state index contributed by atoms with van der Waals surface area (Å²) >= 11 is 0. The van der Waals surface area contributed by atoms with Crippen LogP contribution in [0.25, 0.3) is 0 Å². The average Bonchev–Trinajstić information content (AvgIpc) is 2.47. The first-order chi connectivity index (χ1) is 10.5. The van der Waals surface area contributed by atoms with Crippen LogP contribution in [0, 0.1) is 17.0 Å². The number of anilines is 1. The molecule has 0 aliphatic carbocycles. The second kappa shape index (κ2) is 9.02. The number of rotatable bonds is 10. The molecule has 0 spiro atoms. The van der Waals surface area contributed by atoms with Gasteiger partial charge in [-0.05, 0) is 18.9 Å². The number of hydrogen-bond acceptors (Lipinski definition) is 4. The minimum Gasteiger partial charge on any atom is -0.481 e. The van der Waals surface area contributed by atoms with Crippen LogP contribution >= 0.6 is 0 Å². The fourth-order valence-electron chi connectivity index (χ4n) is 2.36. The molecule has 22 heavy (non-hydrogen) atoms. The highest BCUT2D eigenvalue weighted by Gasteiger charge is 2.15. The number of nitro groups is 1. The van der Waals surface area contributed by atoms with Crippen LogP contribution in [0.3, 0.4) is 0 Å². The van der Waals surface area contributed by atoms with Crippen LogP contribution < -0.4 is 4.90 Å². The zero-order chi connectivity index (χ0) is 16.5. The summed E-state index contributed by atoms with van der Waals surface area (Å²) in [5.41, 5.74) is 1.72. The van der Waals surface area contributed by atoms with Crippen LogP contribution in [0.15, 0.2) is 18.2 Å². The van der Waals surface area contributed by atoms with Crippen LogP contribution in [-0.4, -0.2) is 29.1 Å². The average molecular weight is 308 g/mol. The lowest BCUT2D eigenvalue weighted by Gasteiger charge is -2.25. The van der Waals surface area contributed by atoms with Gasteiger partial charge in [0.2, 0.25) is 0 Å². The summed E-state index contributed by atoms with van der Waals surface area (Å²) in [6.45, 7) is 5.10. The number of carboxylic acid groups (broad SMARTS) is 1. The molecule has 1 N–H and O–H groups in total. The van der Waals surface area contributed by atoms with E-state index in [9.17, 15) is 14.9 Å². The van der Waals surface area contributed by atoms with Crippen LogP contribution in [0.4, 0.5) is 11.4 Å². The first kappa shape index (κ1) is 17.9. The van der Waals surface area contributed by atoms with Crippen molar-refractivity contribution in [2.24, 2.45) is 0 Å². The topological polar surface area (TPSA) is 83.7 Å². The number of benzene rings is 1. The van der Waals surface area contributed by atoms with E-state index in [0.717, 1.165) is 43.5 Å². The molecule has 122 valence electrons. The van der Waals surface area contributed by atoms with Crippen molar-refractivity contribution in [3.05, 3.63) is 33.9 Å². The summed E-state index contributed by atoms with van der Waals surface area (Å²) in [6, 6.07) is 4.73. The molecule has 0 aliphatic heterocycles. The Balaban J connectivity index is 2.90. The third-order valence-electron chi connectivity index (χ3n) is 3.62. The zero-order valence-electron chi connectivity index (χ0n) is 13.2. The Morgan fingerprint density at radius 1 is 1.27 bits per heavy atom. The number of nitrogens with zero attached hydrogens (tertiary/aromatic N) is 2. The Morgan fingerprint density at radius 3 is 2.59 bits per heavy atom. The lowest BCUT2D eigenvalue weighted by molar-refractivity contribution is -0.384. The second-order valence-corrected chi connectivity index (χ2v) is 5.42. The van der Waals surface area contributed by atoms with E-state index in [1.165, 1.54) is 12.1 Å². The van der Waals surface area contributed by atoms with Gasteiger partial charge in [-0.25, -0.2) is 0 Å². The Morgan fingerprint density at radius 2 is 2.00 bits per heavy atom. The Labute approximate surface area is 130 Å². The maximum absolute atomic E-state index is 10.9. The molecule has 0 heterocycles. The molecule has 1 aromatic carbocycles. The van der Waals surface area contributed by atoms with Gasteiger partial charge >= 0.3 is 5.97 Å². The van der Waals surface area contributed by atoms with Crippen molar-refractivity contribution < 1.29 is 14.8 Å². The maximum Gasteiger partial charge on any atom is 0.305 e. The summed E-state index contributed by atoms with van der Waals surface area (Å²) in [6.07, 6.45) is 4.32. The summed E-state index contributed by atoms with van der Waals surface area (Å²) in [5.74, 6) is -0.860. The lowest BCUT2D eigenvalue weighted by atomic mass is 10.1. The van der Waals surface area contributed by atoms with E-state index in [4.69, 9.17) is 5.11 Å². The predicted octanol–water partition coefficient (Wildman–Crippen LogP) is 3.76. The van der Waals surface area contributed by atoms with E-state index in [0.29, 0.717) is 6.54 Å². The Hall–Kier alpha value is -2.11. The molecule has 6 heteroatoms. The van der Waals surface area contributed by atoms with Crippen molar-refractivity contribution in [1.29, 1.82) is 0 Å². The third kappa shape index (κ3) is 5.71. The van der Waals surface area contributed by atoms with E-state index >= 15 is 0 Å². The third-order valence-corrected chi connectivity index (χ3v) is 3.62. The Bertz CT molecular complexity index is 517. The molecule has 0 saturated carbocycles. The van der Waals surface area contributed by atoms with Crippen molar-refractivity contribution in [1.82, 2.24) is 0 Å². The molecule has 0 aliphatic rings. The van der Waals surface area contributed by atoms with Crippen molar-refractivity contribution >= 4 is 17.3 Å². The van der Waals surface area contributed by atoms with E-state index in [-0.39, 0.29) is 12.1 Å². The monoisotopic (exact) mass is 308 g/mol. The van der Waals surface area contributed by atoms with Gasteiger partial charge in [0.1, 0.15) is 0 Å². The van der Waals surface area contributed by atoms with E-state index in [2.05, 4.69) is 6.92 Å². The molecule has 6 nitrogen and oxygen atoms in total. The molecule has 0 aromatic heterocycles. The van der Waals surface area contributed by atoms with Gasteiger partial charge in [0.05, 0.1) is 11.3 Å². The largest absolute Gasteiger partial charge is 0.481 e. The number of carboxylic acids is 1. The van der Waals surface area contributed by atoms with Gasteiger partial charge in [0.25, 0.3) is 5.69 Å². The van der Waals surface area contributed by atoms with Crippen molar-refractivity contribution in [3.63, 3.8) is 0 Å². The zero-order valence-corrected chi connectivity index (χ0v) is 13.2. The number of carbonyl (C=O) groups is 1. The number of non-ortho nitro benzene ring substituents is 1. The molecule has 0 atom stereocenters. The van der Waals surface area contributed by atoms with Crippen molar-refractivity contribution in [2.75, 3.05) is 18.0 Å². The summed E-state index contributed by atoms with van der Waals surface area (Å²) in [4.78, 5) is 23.3. The summed E-state index contributed by atoms with van der Waals surface area (Å²) in [7, 11) is 0. The van der Waals surface area contributed by atoms with Crippen molar-refractivity contribution in [2.45, 2.75) is 46.0 Å². The molecular weight excluding hydrogens is 284 g/mol. The molecule has 0 saturated heterocycles. The molecular formula is C16H24N2O4. The minimum atomic E-state index is -0.860. The van der Waals surface area contributed by atoms with Crippen LogP contribution in [0.5, 0.6) is 0 Å². The number of aryl methyl sites for hydroxylation is 1. The summed E-state index contributed by atoms with van der Waals surface area (Å²) < 4.78 is 0. The van der Waals surface area contributed by atoms with Crippen LogP contribution in [-0.2, 0) is 4.79 Å². The molecule has 1 rings (SSSR count). The van der Waals surface area contributed by atoms with Gasteiger partial charge in [0.15, 0.2) is 0 Å². The van der Waals surface area contributed by atoms with Gasteiger partial charge in [-0.1, -0.05) is 32.3 Å². The fourth-order valence-corrected chi connectivity index (χ4v) is 2.36. The molecule has 0 amide bonds.